The fourth-order valence-corrected chi connectivity index (χ4v) is 4.62. The number of thiocarbonyl (C=S) groups is 1. The van der Waals surface area contributed by atoms with Crippen molar-refractivity contribution in [2.45, 2.75) is 20.8 Å². The number of hydrogen-bond donors (Lipinski definition) is 0. The topological polar surface area (TPSA) is 76.6 Å². The normalized spacial score (nSPS) is 15.2. The van der Waals surface area contributed by atoms with Crippen molar-refractivity contribution >= 4 is 51.7 Å². The highest BCUT2D eigenvalue weighted by atomic mass is 32.2. The summed E-state index contributed by atoms with van der Waals surface area (Å²) in [6.45, 7) is 5.51. The first-order valence-electron chi connectivity index (χ1n) is 9.45. The Hall–Kier alpha value is -3.23. The van der Waals surface area contributed by atoms with Crippen LogP contribution in [0.25, 0.3) is 17.4 Å². The van der Waals surface area contributed by atoms with Crippen molar-refractivity contribution in [3.63, 3.8) is 0 Å². The van der Waals surface area contributed by atoms with Gasteiger partial charge in [0, 0.05) is 23.3 Å². The molecule has 0 saturated carbocycles. The molecule has 2 aromatic carbocycles. The molecule has 0 aliphatic carbocycles. The predicted molar refractivity (Wildman–Crippen MR) is 127 cm³/mol. The number of rotatable bonds is 4. The quantitative estimate of drug-likeness (QED) is 0.204. The number of anilines is 1. The van der Waals surface area contributed by atoms with Crippen LogP contribution in [0, 0.1) is 30.9 Å². The first kappa shape index (κ1) is 21.0. The lowest BCUT2D eigenvalue weighted by molar-refractivity contribution is -0.385. The summed E-state index contributed by atoms with van der Waals surface area (Å²) in [4.78, 5) is 25.8. The number of amides is 1. The van der Waals surface area contributed by atoms with Gasteiger partial charge in [0.05, 0.1) is 15.5 Å². The van der Waals surface area contributed by atoms with E-state index in [2.05, 4.69) is 0 Å². The van der Waals surface area contributed by atoms with E-state index in [9.17, 15) is 14.9 Å². The van der Waals surface area contributed by atoms with Gasteiger partial charge in [0.15, 0.2) is 4.32 Å². The maximum absolute atomic E-state index is 12.9. The van der Waals surface area contributed by atoms with Crippen molar-refractivity contribution in [2.75, 3.05) is 4.90 Å². The average molecular weight is 451 g/mol. The highest BCUT2D eigenvalue weighted by molar-refractivity contribution is 8.27. The fraction of sp³-hybridized carbons (Fsp3) is 0.130. The average Bonchev–Trinajstić information content (AvgIpc) is 3.28. The van der Waals surface area contributed by atoms with Crippen LogP contribution in [-0.2, 0) is 4.79 Å². The van der Waals surface area contributed by atoms with E-state index in [0.717, 1.165) is 16.8 Å². The Bertz CT molecular complexity index is 1280. The molecule has 0 spiro atoms. The second kappa shape index (κ2) is 8.13. The summed E-state index contributed by atoms with van der Waals surface area (Å²) in [5, 5.41) is 11.3. The Kier molecular flexibility index (Phi) is 5.51. The van der Waals surface area contributed by atoms with Gasteiger partial charge in [0.2, 0.25) is 0 Å². The maximum Gasteiger partial charge on any atom is 0.273 e. The highest BCUT2D eigenvalue weighted by Crippen LogP contribution is 2.37. The van der Waals surface area contributed by atoms with Crippen LogP contribution in [0.15, 0.2) is 57.9 Å². The van der Waals surface area contributed by atoms with Crippen LogP contribution < -0.4 is 4.90 Å². The molecule has 6 nitrogen and oxygen atoms in total. The van der Waals surface area contributed by atoms with Crippen molar-refractivity contribution in [3.8, 4) is 11.3 Å². The number of aryl methyl sites for hydroxylation is 2. The maximum atomic E-state index is 12.9. The van der Waals surface area contributed by atoms with E-state index in [1.165, 1.54) is 22.7 Å². The number of nitro groups is 1. The fourth-order valence-electron chi connectivity index (χ4n) is 3.34. The number of hydrogen-bond acceptors (Lipinski definition) is 6. The molecule has 1 fully saturated rings. The lowest BCUT2D eigenvalue weighted by atomic mass is 10.0. The number of furan rings is 1. The van der Waals surface area contributed by atoms with Gasteiger partial charge in [-0.25, -0.2) is 0 Å². The van der Waals surface area contributed by atoms with Crippen molar-refractivity contribution < 1.29 is 14.1 Å². The van der Waals surface area contributed by atoms with Crippen LogP contribution in [0.5, 0.6) is 0 Å². The standard InChI is InChI=1S/C23H18N2O4S2/c1-13-5-4-6-17(9-13)24-22(26)21(31-23(24)30)12-18-7-8-20(29-18)16-10-14(2)15(3)19(11-16)25(27)28/h4-12H,1-3H3/b21-12-. The number of nitrogens with zero attached hydrogens (tertiary/aromatic N) is 2. The minimum atomic E-state index is -0.397. The van der Waals surface area contributed by atoms with Gasteiger partial charge < -0.3 is 4.42 Å². The molecule has 4 rings (SSSR count). The van der Waals surface area contributed by atoms with E-state index >= 15 is 0 Å². The van der Waals surface area contributed by atoms with Crippen LogP contribution in [0.4, 0.5) is 11.4 Å². The van der Waals surface area contributed by atoms with Crippen LogP contribution in [0.3, 0.4) is 0 Å². The zero-order valence-corrected chi connectivity index (χ0v) is 18.7. The molecule has 1 aliphatic heterocycles. The van der Waals surface area contributed by atoms with E-state index in [4.69, 9.17) is 16.6 Å². The van der Waals surface area contributed by atoms with Crippen molar-refractivity contribution in [2.24, 2.45) is 0 Å². The molecular weight excluding hydrogens is 432 g/mol. The summed E-state index contributed by atoms with van der Waals surface area (Å²) >= 11 is 6.63. The molecule has 0 radical (unpaired) electrons. The third-order valence-electron chi connectivity index (χ3n) is 5.07. The molecule has 2 heterocycles. The van der Waals surface area contributed by atoms with Gasteiger partial charge in [-0.2, -0.15) is 0 Å². The molecule has 0 N–H and O–H groups in total. The number of thioether (sulfide) groups is 1. The van der Waals surface area contributed by atoms with E-state index in [0.29, 0.717) is 31.9 Å². The summed E-state index contributed by atoms with van der Waals surface area (Å²) in [5.41, 5.74) is 3.86. The first-order valence-corrected chi connectivity index (χ1v) is 10.7. The van der Waals surface area contributed by atoms with Crippen LogP contribution in [-0.4, -0.2) is 15.2 Å². The third-order valence-corrected chi connectivity index (χ3v) is 6.38. The molecule has 8 heteroatoms. The summed E-state index contributed by atoms with van der Waals surface area (Å²) in [6.07, 6.45) is 1.65. The Morgan fingerprint density at radius 2 is 1.90 bits per heavy atom. The van der Waals surface area contributed by atoms with Crippen molar-refractivity contribution in [1.82, 2.24) is 0 Å². The van der Waals surface area contributed by atoms with Crippen molar-refractivity contribution in [1.29, 1.82) is 0 Å². The number of carbonyl (C=O) groups excluding carboxylic acids is 1. The predicted octanol–water partition coefficient (Wildman–Crippen LogP) is 6.19. The second-order valence-corrected chi connectivity index (χ2v) is 8.93. The summed E-state index contributed by atoms with van der Waals surface area (Å²) in [5.74, 6) is 0.757. The molecule has 31 heavy (non-hydrogen) atoms. The Morgan fingerprint density at radius 3 is 2.61 bits per heavy atom. The van der Waals surface area contributed by atoms with Gasteiger partial charge in [-0.05, 0) is 62.2 Å². The zero-order valence-electron chi connectivity index (χ0n) is 17.0. The van der Waals surface area contributed by atoms with Crippen molar-refractivity contribution in [3.05, 3.63) is 86.0 Å². The van der Waals surface area contributed by atoms with E-state index in [1.807, 2.05) is 44.2 Å². The minimum Gasteiger partial charge on any atom is -0.457 e. The minimum absolute atomic E-state index is 0.0481. The Balaban J connectivity index is 1.64. The molecule has 3 aromatic rings. The molecule has 0 atom stereocenters. The second-order valence-electron chi connectivity index (χ2n) is 7.25. The van der Waals surface area contributed by atoms with Crippen LogP contribution >= 0.6 is 24.0 Å². The summed E-state index contributed by atoms with van der Waals surface area (Å²) < 4.78 is 6.34. The Labute approximate surface area is 188 Å². The monoisotopic (exact) mass is 450 g/mol. The van der Waals surface area contributed by atoms with Crippen LogP contribution in [0.2, 0.25) is 0 Å². The molecule has 1 aliphatic rings. The van der Waals surface area contributed by atoms with Crippen LogP contribution in [0.1, 0.15) is 22.5 Å². The molecule has 0 bridgehead atoms. The van der Waals surface area contributed by atoms with Gasteiger partial charge in [-0.1, -0.05) is 36.1 Å². The largest absolute Gasteiger partial charge is 0.457 e. The third kappa shape index (κ3) is 4.04. The van der Waals surface area contributed by atoms with E-state index in [-0.39, 0.29) is 11.6 Å². The molecule has 1 amide bonds. The highest BCUT2D eigenvalue weighted by Gasteiger charge is 2.33. The molecule has 1 saturated heterocycles. The number of carbonyl (C=O) groups is 1. The smallest absolute Gasteiger partial charge is 0.273 e. The van der Waals surface area contributed by atoms with Gasteiger partial charge >= 0.3 is 0 Å². The van der Waals surface area contributed by atoms with Gasteiger partial charge in [0.1, 0.15) is 11.5 Å². The van der Waals surface area contributed by atoms with Gasteiger partial charge in [-0.3, -0.25) is 19.8 Å². The lowest BCUT2D eigenvalue weighted by Gasteiger charge is -2.14. The van der Waals surface area contributed by atoms with E-state index in [1.54, 1.807) is 25.1 Å². The number of nitro benzene ring substituents is 1. The Morgan fingerprint density at radius 1 is 1.13 bits per heavy atom. The molecule has 0 unspecified atom stereocenters. The first-order chi connectivity index (χ1) is 14.7. The zero-order chi connectivity index (χ0) is 22.3. The summed E-state index contributed by atoms with van der Waals surface area (Å²) in [7, 11) is 0. The molecule has 156 valence electrons. The van der Waals surface area contributed by atoms with Gasteiger partial charge in [0.25, 0.3) is 11.6 Å². The molecular formula is C23H18N2O4S2. The van der Waals surface area contributed by atoms with E-state index < -0.39 is 4.92 Å². The lowest BCUT2D eigenvalue weighted by Crippen LogP contribution is -2.27. The molecule has 1 aromatic heterocycles. The SMILES string of the molecule is Cc1cccc(N2C(=O)/C(=C/c3ccc(-c4cc(C)c(C)c([N+](=O)[O-])c4)o3)SC2=S)c1. The van der Waals surface area contributed by atoms with Gasteiger partial charge in [-0.15, -0.1) is 0 Å². The number of benzene rings is 2. The summed E-state index contributed by atoms with van der Waals surface area (Å²) in [6, 6.07) is 14.4.